The highest BCUT2D eigenvalue weighted by Gasteiger charge is 2.25. The highest BCUT2D eigenvalue weighted by molar-refractivity contribution is 7.16. The molecule has 2 aromatic rings. The molecule has 1 atom stereocenters. The number of nitrogens with zero attached hydrogens (tertiary/aromatic N) is 1. The summed E-state index contributed by atoms with van der Waals surface area (Å²) >= 11 is 1.10. The zero-order chi connectivity index (χ0) is 17.1. The zero-order valence-electron chi connectivity index (χ0n) is 12.6. The molecule has 3 rings (SSSR count). The molecule has 2 heterocycles. The molecule has 1 aromatic carbocycles. The Kier molecular flexibility index (Phi) is 4.86. The van der Waals surface area contributed by atoms with Crippen LogP contribution in [-0.4, -0.2) is 34.7 Å². The highest BCUT2D eigenvalue weighted by atomic mass is 32.1. The highest BCUT2D eigenvalue weighted by Crippen LogP contribution is 2.32. The molecule has 2 N–H and O–H groups in total. The summed E-state index contributed by atoms with van der Waals surface area (Å²) in [6.07, 6.45) is 0.775. The van der Waals surface area contributed by atoms with Gasteiger partial charge < -0.3 is 9.84 Å². The molecular formula is C16H15FN2O4S. The van der Waals surface area contributed by atoms with Gasteiger partial charge in [0, 0.05) is 17.0 Å². The van der Waals surface area contributed by atoms with E-state index in [-0.39, 0.29) is 18.1 Å². The van der Waals surface area contributed by atoms with Crippen molar-refractivity contribution in [2.45, 2.75) is 25.4 Å². The molecule has 1 aliphatic heterocycles. The predicted octanol–water partition coefficient (Wildman–Crippen LogP) is 2.69. The molecule has 0 saturated carbocycles. The Balaban J connectivity index is 1.86. The number of hydrogen-bond acceptors (Lipinski definition) is 5. The number of rotatable bonds is 5. The molecule has 0 aliphatic carbocycles. The summed E-state index contributed by atoms with van der Waals surface area (Å²) in [4.78, 5) is 28.0. The van der Waals surface area contributed by atoms with Gasteiger partial charge in [-0.15, -0.1) is 11.3 Å². The van der Waals surface area contributed by atoms with Crippen LogP contribution in [0.4, 0.5) is 9.52 Å². The van der Waals surface area contributed by atoms with E-state index in [1.54, 1.807) is 0 Å². The molecule has 24 heavy (non-hydrogen) atoms. The van der Waals surface area contributed by atoms with E-state index in [0.29, 0.717) is 34.3 Å². The fraction of sp³-hybridized carbons (Fsp3) is 0.312. The fourth-order valence-corrected chi connectivity index (χ4v) is 3.44. The van der Waals surface area contributed by atoms with Crippen LogP contribution in [0.15, 0.2) is 24.3 Å². The number of aromatic nitrogens is 1. The lowest BCUT2D eigenvalue weighted by molar-refractivity contribution is -0.136. The Morgan fingerprint density at radius 1 is 1.38 bits per heavy atom. The fourth-order valence-electron chi connectivity index (χ4n) is 2.47. The smallest absolute Gasteiger partial charge is 0.308 e. The van der Waals surface area contributed by atoms with Crippen molar-refractivity contribution >= 4 is 28.3 Å². The van der Waals surface area contributed by atoms with Crippen LogP contribution >= 0.6 is 11.3 Å². The monoisotopic (exact) mass is 350 g/mol. The number of carboxylic acids is 1. The largest absolute Gasteiger partial charge is 0.481 e. The first-order valence-corrected chi connectivity index (χ1v) is 8.24. The Bertz CT molecular complexity index is 754. The maximum Gasteiger partial charge on any atom is 0.308 e. The van der Waals surface area contributed by atoms with Crippen molar-refractivity contribution in [1.29, 1.82) is 0 Å². The van der Waals surface area contributed by atoms with Gasteiger partial charge in [0.15, 0.2) is 5.13 Å². The van der Waals surface area contributed by atoms with Gasteiger partial charge in [-0.1, -0.05) is 0 Å². The van der Waals surface area contributed by atoms with Crippen molar-refractivity contribution < 1.29 is 23.8 Å². The maximum atomic E-state index is 13.1. The summed E-state index contributed by atoms with van der Waals surface area (Å²) in [5.74, 6) is -1.67. The second kappa shape index (κ2) is 7.06. The van der Waals surface area contributed by atoms with Gasteiger partial charge in [-0.25, -0.2) is 9.37 Å². The Morgan fingerprint density at radius 2 is 2.12 bits per heavy atom. The minimum Gasteiger partial charge on any atom is -0.481 e. The van der Waals surface area contributed by atoms with Crippen LogP contribution in [0.5, 0.6) is 0 Å². The number of carbonyl (C=O) groups excluding carboxylic acids is 1. The molecule has 1 aromatic heterocycles. The number of carboxylic acid groups (broad SMARTS) is 1. The van der Waals surface area contributed by atoms with Gasteiger partial charge >= 0.3 is 5.97 Å². The standard InChI is InChI=1S/C16H15FN2O4S/c17-10-5-3-9(4-6-10)14-12(8-13(20)21)24-16(18-14)19-15(22)11-2-1-7-23-11/h3-6,11H,1-2,7-8H2,(H,20,21)(H,18,19,22). The molecule has 1 saturated heterocycles. The van der Waals surface area contributed by atoms with Gasteiger partial charge in [-0.3, -0.25) is 14.9 Å². The van der Waals surface area contributed by atoms with Crippen LogP contribution in [0.3, 0.4) is 0 Å². The number of halogens is 1. The van der Waals surface area contributed by atoms with Crippen LogP contribution in [0.1, 0.15) is 17.7 Å². The minimum atomic E-state index is -1.00. The second-order valence-electron chi connectivity index (χ2n) is 5.36. The lowest BCUT2D eigenvalue weighted by Crippen LogP contribution is -2.26. The number of carbonyl (C=O) groups is 2. The first-order valence-electron chi connectivity index (χ1n) is 7.43. The van der Waals surface area contributed by atoms with Crippen molar-refractivity contribution in [1.82, 2.24) is 4.98 Å². The summed E-state index contributed by atoms with van der Waals surface area (Å²) in [6.45, 7) is 0.557. The first kappa shape index (κ1) is 16.5. The van der Waals surface area contributed by atoms with Crippen LogP contribution in [0.2, 0.25) is 0 Å². The van der Waals surface area contributed by atoms with Gasteiger partial charge in [0.1, 0.15) is 11.9 Å². The summed E-state index contributed by atoms with van der Waals surface area (Å²) in [5, 5.41) is 12.0. The van der Waals surface area contributed by atoms with E-state index in [1.165, 1.54) is 24.3 Å². The molecule has 0 bridgehead atoms. The molecule has 8 heteroatoms. The van der Waals surface area contributed by atoms with Crippen LogP contribution in [0, 0.1) is 5.82 Å². The first-order chi connectivity index (χ1) is 11.5. The Labute approximate surface area is 141 Å². The predicted molar refractivity (Wildman–Crippen MR) is 86.5 cm³/mol. The molecule has 126 valence electrons. The summed E-state index contributed by atoms with van der Waals surface area (Å²) in [7, 11) is 0. The topological polar surface area (TPSA) is 88.5 Å². The number of ether oxygens (including phenoxy) is 1. The summed E-state index contributed by atoms with van der Waals surface area (Å²) in [5.41, 5.74) is 1.03. The van der Waals surface area contributed by atoms with Crippen LogP contribution in [0.25, 0.3) is 11.3 Å². The number of anilines is 1. The Hall–Kier alpha value is -2.32. The third-order valence-electron chi connectivity index (χ3n) is 3.58. The van der Waals surface area contributed by atoms with Gasteiger partial charge in [-0.2, -0.15) is 0 Å². The van der Waals surface area contributed by atoms with Gasteiger partial charge in [0.2, 0.25) is 0 Å². The second-order valence-corrected chi connectivity index (χ2v) is 6.44. The van der Waals surface area contributed by atoms with Crippen molar-refractivity contribution in [2.24, 2.45) is 0 Å². The molecule has 1 aliphatic rings. The SMILES string of the molecule is O=C(O)Cc1sc(NC(=O)C2CCCO2)nc1-c1ccc(F)cc1. The average molecular weight is 350 g/mol. The van der Waals surface area contributed by atoms with Crippen molar-refractivity contribution in [3.63, 3.8) is 0 Å². The minimum absolute atomic E-state index is 0.222. The number of thiazole rings is 1. The number of aliphatic carboxylic acids is 1. The molecule has 0 spiro atoms. The van der Waals surface area contributed by atoms with Crippen molar-refractivity contribution in [3.8, 4) is 11.3 Å². The lowest BCUT2D eigenvalue weighted by Gasteiger charge is -2.07. The van der Waals surface area contributed by atoms with Crippen molar-refractivity contribution in [2.75, 3.05) is 11.9 Å². The molecule has 6 nitrogen and oxygen atoms in total. The molecular weight excluding hydrogens is 335 g/mol. The van der Waals surface area contributed by atoms with Gasteiger partial charge in [0.25, 0.3) is 5.91 Å². The summed E-state index contributed by atoms with van der Waals surface area (Å²) < 4.78 is 18.4. The van der Waals surface area contributed by atoms with E-state index in [1.807, 2.05) is 0 Å². The zero-order valence-corrected chi connectivity index (χ0v) is 13.4. The van der Waals surface area contributed by atoms with E-state index in [4.69, 9.17) is 9.84 Å². The molecule has 1 fully saturated rings. The van der Waals surface area contributed by atoms with Gasteiger partial charge in [0.05, 0.1) is 12.1 Å². The number of nitrogens with one attached hydrogen (secondary N) is 1. The lowest BCUT2D eigenvalue weighted by atomic mass is 10.1. The third-order valence-corrected chi connectivity index (χ3v) is 4.55. The van der Waals surface area contributed by atoms with E-state index in [0.717, 1.165) is 17.8 Å². The normalized spacial score (nSPS) is 17.0. The Morgan fingerprint density at radius 3 is 2.75 bits per heavy atom. The maximum absolute atomic E-state index is 13.1. The van der Waals surface area contributed by atoms with E-state index >= 15 is 0 Å². The number of benzene rings is 1. The van der Waals surface area contributed by atoms with Crippen molar-refractivity contribution in [3.05, 3.63) is 35.0 Å². The number of amides is 1. The summed E-state index contributed by atoms with van der Waals surface area (Å²) in [6, 6.07) is 5.62. The molecule has 1 amide bonds. The quantitative estimate of drug-likeness (QED) is 0.865. The van der Waals surface area contributed by atoms with Gasteiger partial charge in [-0.05, 0) is 37.1 Å². The van der Waals surface area contributed by atoms with E-state index in [2.05, 4.69) is 10.3 Å². The number of hydrogen-bond donors (Lipinski definition) is 2. The molecule has 0 radical (unpaired) electrons. The van der Waals surface area contributed by atoms with Crippen LogP contribution in [-0.2, 0) is 20.7 Å². The molecule has 1 unspecified atom stereocenters. The third kappa shape index (κ3) is 3.77. The average Bonchev–Trinajstić information content (AvgIpc) is 3.18. The van der Waals surface area contributed by atoms with Crippen LogP contribution < -0.4 is 5.32 Å². The van der Waals surface area contributed by atoms with E-state index < -0.39 is 12.1 Å². The van der Waals surface area contributed by atoms with E-state index in [9.17, 15) is 14.0 Å².